The van der Waals surface area contributed by atoms with Gasteiger partial charge in [-0.05, 0) is 25.8 Å². The number of nitrogens with zero attached hydrogens (tertiary/aromatic N) is 1. The molecule has 1 unspecified atom stereocenters. The molecular formula is C14H19NO5. The van der Waals surface area contributed by atoms with Crippen LogP contribution in [0.5, 0.6) is 5.75 Å². The van der Waals surface area contributed by atoms with Crippen LogP contribution in [0.4, 0.5) is 5.69 Å². The Balaban J connectivity index is 2.00. The first kappa shape index (κ1) is 14.7. The van der Waals surface area contributed by atoms with Crippen LogP contribution in [0.1, 0.15) is 37.9 Å². The molecule has 1 saturated heterocycles. The van der Waals surface area contributed by atoms with Gasteiger partial charge in [-0.25, -0.2) is 0 Å². The van der Waals surface area contributed by atoms with Gasteiger partial charge in [0, 0.05) is 30.7 Å². The van der Waals surface area contributed by atoms with Crippen LogP contribution in [0.15, 0.2) is 18.2 Å². The molecule has 0 amide bonds. The number of benzene rings is 1. The lowest BCUT2D eigenvalue weighted by Gasteiger charge is -2.15. The molecule has 1 aliphatic heterocycles. The predicted molar refractivity (Wildman–Crippen MR) is 72.8 cm³/mol. The lowest BCUT2D eigenvalue weighted by atomic mass is 10.1. The average molecular weight is 281 g/mol. The Kier molecular flexibility index (Phi) is 4.92. The van der Waals surface area contributed by atoms with E-state index in [4.69, 9.17) is 9.47 Å². The minimum absolute atomic E-state index is 0.0487. The van der Waals surface area contributed by atoms with Crippen molar-refractivity contribution in [3.05, 3.63) is 33.9 Å². The van der Waals surface area contributed by atoms with Gasteiger partial charge in [0.15, 0.2) is 0 Å². The maximum absolute atomic E-state index is 10.7. The number of nitro groups is 1. The first-order chi connectivity index (χ1) is 9.58. The molecule has 110 valence electrons. The molecule has 1 aromatic carbocycles. The smallest absolute Gasteiger partial charge is 0.270 e. The fraction of sp³-hybridized carbons (Fsp3) is 0.571. The van der Waals surface area contributed by atoms with Crippen LogP contribution < -0.4 is 4.74 Å². The maximum Gasteiger partial charge on any atom is 0.270 e. The normalized spacial score (nSPS) is 19.8. The van der Waals surface area contributed by atoms with Crippen molar-refractivity contribution in [2.45, 2.75) is 38.4 Å². The molecule has 1 N–H and O–H groups in total. The van der Waals surface area contributed by atoms with Gasteiger partial charge in [0.1, 0.15) is 5.75 Å². The van der Waals surface area contributed by atoms with Gasteiger partial charge in [0.05, 0.1) is 23.7 Å². The van der Waals surface area contributed by atoms with Crippen LogP contribution >= 0.6 is 0 Å². The fourth-order valence-corrected chi connectivity index (χ4v) is 2.28. The molecule has 1 aliphatic rings. The second-order valence-electron chi connectivity index (χ2n) is 4.93. The number of hydrogen-bond donors (Lipinski definition) is 1. The van der Waals surface area contributed by atoms with Gasteiger partial charge in [0.25, 0.3) is 5.69 Å². The molecule has 2 atom stereocenters. The third kappa shape index (κ3) is 3.68. The van der Waals surface area contributed by atoms with E-state index in [1.807, 2.05) is 0 Å². The van der Waals surface area contributed by atoms with Crippen molar-refractivity contribution in [1.82, 2.24) is 0 Å². The van der Waals surface area contributed by atoms with Crippen LogP contribution in [-0.4, -0.2) is 29.3 Å². The summed E-state index contributed by atoms with van der Waals surface area (Å²) in [6.45, 7) is 2.84. The van der Waals surface area contributed by atoms with E-state index >= 15 is 0 Å². The summed E-state index contributed by atoms with van der Waals surface area (Å²) in [5.41, 5.74) is 0.388. The minimum atomic E-state index is -0.812. The number of aliphatic hydroxyl groups excluding tert-OH is 1. The predicted octanol–water partition coefficient (Wildman–Crippen LogP) is 2.60. The summed E-state index contributed by atoms with van der Waals surface area (Å²) >= 11 is 0. The van der Waals surface area contributed by atoms with Gasteiger partial charge in [-0.3, -0.25) is 10.1 Å². The average Bonchev–Trinajstić information content (AvgIpc) is 2.91. The Labute approximate surface area is 117 Å². The van der Waals surface area contributed by atoms with E-state index in [1.165, 1.54) is 18.2 Å². The van der Waals surface area contributed by atoms with Crippen molar-refractivity contribution in [3.8, 4) is 5.75 Å². The van der Waals surface area contributed by atoms with Crippen molar-refractivity contribution in [3.63, 3.8) is 0 Å². The molecule has 6 heteroatoms. The van der Waals surface area contributed by atoms with Crippen molar-refractivity contribution in [2.24, 2.45) is 0 Å². The highest BCUT2D eigenvalue weighted by Gasteiger charge is 2.18. The SMILES string of the molecule is C[C@@H](O)c1cc([N+](=O)[O-])ccc1OCCC1CCCO1. The number of rotatable bonds is 6. The molecule has 0 aliphatic carbocycles. The zero-order valence-corrected chi connectivity index (χ0v) is 11.4. The van der Waals surface area contributed by atoms with E-state index in [0.717, 1.165) is 25.9 Å². The van der Waals surface area contributed by atoms with Crippen LogP contribution in [0.3, 0.4) is 0 Å². The van der Waals surface area contributed by atoms with Gasteiger partial charge < -0.3 is 14.6 Å². The molecule has 0 spiro atoms. The Bertz CT molecular complexity index is 469. The minimum Gasteiger partial charge on any atom is -0.493 e. The number of aliphatic hydroxyl groups is 1. The van der Waals surface area contributed by atoms with Crippen molar-refractivity contribution in [2.75, 3.05) is 13.2 Å². The van der Waals surface area contributed by atoms with Crippen molar-refractivity contribution in [1.29, 1.82) is 0 Å². The highest BCUT2D eigenvalue weighted by Crippen LogP contribution is 2.29. The van der Waals surface area contributed by atoms with Gasteiger partial charge in [-0.15, -0.1) is 0 Å². The zero-order valence-electron chi connectivity index (χ0n) is 11.4. The highest BCUT2D eigenvalue weighted by molar-refractivity contribution is 5.44. The lowest BCUT2D eigenvalue weighted by molar-refractivity contribution is -0.385. The molecule has 1 fully saturated rings. The Morgan fingerprint density at radius 2 is 2.40 bits per heavy atom. The monoisotopic (exact) mass is 281 g/mol. The summed E-state index contributed by atoms with van der Waals surface area (Å²) in [5.74, 6) is 0.489. The van der Waals surface area contributed by atoms with Gasteiger partial charge in [-0.2, -0.15) is 0 Å². The Morgan fingerprint density at radius 1 is 1.60 bits per heavy atom. The number of ether oxygens (including phenoxy) is 2. The number of non-ortho nitro benzene ring substituents is 1. The summed E-state index contributed by atoms with van der Waals surface area (Å²) < 4.78 is 11.1. The molecule has 0 aromatic heterocycles. The molecule has 6 nitrogen and oxygen atoms in total. The molecule has 2 rings (SSSR count). The summed E-state index contributed by atoms with van der Waals surface area (Å²) in [4.78, 5) is 10.3. The molecule has 20 heavy (non-hydrogen) atoms. The van der Waals surface area contributed by atoms with Crippen molar-refractivity contribution >= 4 is 5.69 Å². The third-order valence-corrected chi connectivity index (χ3v) is 3.38. The zero-order chi connectivity index (χ0) is 14.5. The molecule has 0 bridgehead atoms. The standard InChI is InChI=1S/C14H19NO5/c1-10(16)13-9-11(15(17)18)4-5-14(13)20-8-6-12-3-2-7-19-12/h4-5,9-10,12,16H,2-3,6-8H2,1H3/t10-,12?/m1/s1. The first-order valence-electron chi connectivity index (χ1n) is 6.78. The molecule has 0 saturated carbocycles. The van der Waals surface area contributed by atoms with E-state index in [2.05, 4.69) is 0 Å². The van der Waals surface area contributed by atoms with Crippen LogP contribution in [0, 0.1) is 10.1 Å². The molecule has 1 aromatic rings. The summed E-state index contributed by atoms with van der Waals surface area (Å²) in [5, 5.41) is 20.4. The quantitative estimate of drug-likeness (QED) is 0.640. The lowest BCUT2D eigenvalue weighted by Crippen LogP contribution is -2.11. The Hall–Kier alpha value is -1.66. The number of hydrogen-bond acceptors (Lipinski definition) is 5. The van der Waals surface area contributed by atoms with Crippen LogP contribution in [0.2, 0.25) is 0 Å². The van der Waals surface area contributed by atoms with Crippen LogP contribution in [0.25, 0.3) is 0 Å². The molecular weight excluding hydrogens is 262 g/mol. The van der Waals surface area contributed by atoms with E-state index in [-0.39, 0.29) is 11.8 Å². The second-order valence-corrected chi connectivity index (χ2v) is 4.93. The van der Waals surface area contributed by atoms with Gasteiger partial charge in [0.2, 0.25) is 0 Å². The van der Waals surface area contributed by atoms with Crippen molar-refractivity contribution < 1.29 is 19.5 Å². The van der Waals surface area contributed by atoms with E-state index in [1.54, 1.807) is 6.92 Å². The van der Waals surface area contributed by atoms with E-state index < -0.39 is 11.0 Å². The maximum atomic E-state index is 10.7. The summed E-state index contributed by atoms with van der Waals surface area (Å²) in [6.07, 6.45) is 2.35. The summed E-state index contributed by atoms with van der Waals surface area (Å²) in [7, 11) is 0. The topological polar surface area (TPSA) is 81.8 Å². The second kappa shape index (κ2) is 6.67. The molecule has 1 heterocycles. The third-order valence-electron chi connectivity index (χ3n) is 3.38. The number of nitro benzene ring substituents is 1. The van der Waals surface area contributed by atoms with Gasteiger partial charge >= 0.3 is 0 Å². The Morgan fingerprint density at radius 3 is 3.00 bits per heavy atom. The largest absolute Gasteiger partial charge is 0.493 e. The van der Waals surface area contributed by atoms with Crippen LogP contribution in [-0.2, 0) is 4.74 Å². The molecule has 0 radical (unpaired) electrons. The summed E-state index contributed by atoms with van der Waals surface area (Å²) in [6, 6.07) is 4.27. The first-order valence-corrected chi connectivity index (χ1v) is 6.78. The van der Waals surface area contributed by atoms with Gasteiger partial charge in [-0.1, -0.05) is 0 Å². The highest BCUT2D eigenvalue weighted by atomic mass is 16.6. The van der Waals surface area contributed by atoms with E-state index in [9.17, 15) is 15.2 Å². The van der Waals surface area contributed by atoms with E-state index in [0.29, 0.717) is 17.9 Å². The fourth-order valence-electron chi connectivity index (χ4n) is 2.28.